The Bertz CT molecular complexity index is 1440. The third-order valence-corrected chi connectivity index (χ3v) is 6.87. The van der Waals surface area contributed by atoms with Crippen LogP contribution in [0.15, 0.2) is 64.2 Å². The van der Waals surface area contributed by atoms with Crippen LogP contribution in [0, 0.1) is 5.92 Å². The molecule has 0 bridgehead atoms. The molecule has 0 spiro atoms. The van der Waals surface area contributed by atoms with Crippen LogP contribution >= 0.6 is 0 Å². The Balaban J connectivity index is 1.71. The van der Waals surface area contributed by atoms with Gasteiger partial charge in [0.25, 0.3) is 5.56 Å². The molecule has 1 fully saturated rings. The average molecular weight is 521 g/mol. The SMILES string of the molecule is CC(C)C[C@@H](NC(=O)[C@@H]1CCCN1C(=O)[C@H](Cc1ccccc1)n1c(=O)[nH]c2ccccc2c1=O)C(=O)O. The number of aromatic nitrogens is 2. The van der Waals surface area contributed by atoms with Crippen molar-refractivity contribution in [3.63, 3.8) is 0 Å². The number of para-hydroxylation sites is 1. The summed E-state index contributed by atoms with van der Waals surface area (Å²) in [7, 11) is 0. The van der Waals surface area contributed by atoms with Crippen LogP contribution in [0.25, 0.3) is 10.9 Å². The van der Waals surface area contributed by atoms with Gasteiger partial charge in [-0.2, -0.15) is 0 Å². The number of amides is 2. The van der Waals surface area contributed by atoms with Gasteiger partial charge in [0.15, 0.2) is 0 Å². The molecule has 0 radical (unpaired) electrons. The van der Waals surface area contributed by atoms with Crippen molar-refractivity contribution in [2.45, 2.75) is 57.7 Å². The summed E-state index contributed by atoms with van der Waals surface area (Å²) in [5.74, 6) is -2.19. The number of rotatable bonds is 9. The van der Waals surface area contributed by atoms with Gasteiger partial charge in [0.1, 0.15) is 18.1 Å². The summed E-state index contributed by atoms with van der Waals surface area (Å²) >= 11 is 0. The second-order valence-corrected chi connectivity index (χ2v) is 10.1. The summed E-state index contributed by atoms with van der Waals surface area (Å²) in [5.41, 5.74) is -0.200. The maximum absolute atomic E-state index is 14.0. The molecule has 2 amide bonds. The number of nitrogens with one attached hydrogen (secondary N) is 2. The molecule has 0 saturated carbocycles. The lowest BCUT2D eigenvalue weighted by molar-refractivity contribution is -0.145. The smallest absolute Gasteiger partial charge is 0.329 e. The first-order valence-corrected chi connectivity index (χ1v) is 12.8. The molecule has 4 rings (SSSR count). The second kappa shape index (κ2) is 11.5. The van der Waals surface area contributed by atoms with Crippen molar-refractivity contribution in [1.29, 1.82) is 0 Å². The Morgan fingerprint density at radius 3 is 2.42 bits per heavy atom. The van der Waals surface area contributed by atoms with E-state index in [-0.39, 0.29) is 30.7 Å². The lowest BCUT2D eigenvalue weighted by Crippen LogP contribution is -2.54. The van der Waals surface area contributed by atoms with Crippen LogP contribution in [0.3, 0.4) is 0 Å². The topological polar surface area (TPSA) is 142 Å². The fourth-order valence-electron chi connectivity index (χ4n) is 5.04. The number of hydrogen-bond donors (Lipinski definition) is 3. The van der Waals surface area contributed by atoms with Gasteiger partial charge in [-0.05, 0) is 42.9 Å². The first kappa shape index (κ1) is 26.8. The van der Waals surface area contributed by atoms with Gasteiger partial charge in [0.05, 0.1) is 10.9 Å². The van der Waals surface area contributed by atoms with Crippen molar-refractivity contribution in [1.82, 2.24) is 19.8 Å². The fourth-order valence-corrected chi connectivity index (χ4v) is 5.04. The van der Waals surface area contributed by atoms with Gasteiger partial charge in [-0.15, -0.1) is 0 Å². The van der Waals surface area contributed by atoms with E-state index >= 15 is 0 Å². The minimum Gasteiger partial charge on any atom is -0.480 e. The molecule has 200 valence electrons. The van der Waals surface area contributed by atoms with Crippen molar-refractivity contribution < 1.29 is 19.5 Å². The van der Waals surface area contributed by atoms with E-state index in [0.717, 1.165) is 10.1 Å². The van der Waals surface area contributed by atoms with Gasteiger partial charge in [-0.3, -0.25) is 14.4 Å². The zero-order chi connectivity index (χ0) is 27.4. The van der Waals surface area contributed by atoms with Gasteiger partial charge in [0.2, 0.25) is 11.8 Å². The van der Waals surface area contributed by atoms with Crippen LogP contribution in [-0.2, 0) is 20.8 Å². The van der Waals surface area contributed by atoms with Gasteiger partial charge < -0.3 is 20.3 Å². The number of carboxylic acid groups (broad SMARTS) is 1. The van der Waals surface area contributed by atoms with Crippen LogP contribution in [-0.4, -0.2) is 56.0 Å². The van der Waals surface area contributed by atoms with Crippen LogP contribution in [0.1, 0.15) is 44.7 Å². The number of nitrogens with zero attached hydrogens (tertiary/aromatic N) is 2. The zero-order valence-electron chi connectivity index (χ0n) is 21.4. The van der Waals surface area contributed by atoms with E-state index in [1.807, 2.05) is 19.9 Å². The molecule has 1 aliphatic heterocycles. The highest BCUT2D eigenvalue weighted by Crippen LogP contribution is 2.24. The third kappa shape index (κ3) is 5.69. The molecule has 1 saturated heterocycles. The molecular weight excluding hydrogens is 488 g/mol. The minimum atomic E-state index is -1.20. The molecule has 2 heterocycles. The van der Waals surface area contributed by atoms with Crippen molar-refractivity contribution in [3.8, 4) is 0 Å². The van der Waals surface area contributed by atoms with E-state index in [0.29, 0.717) is 18.4 Å². The van der Waals surface area contributed by atoms with Crippen molar-refractivity contribution in [3.05, 3.63) is 81.0 Å². The van der Waals surface area contributed by atoms with E-state index in [1.165, 1.54) is 4.90 Å². The molecule has 1 aromatic heterocycles. The van der Waals surface area contributed by atoms with Gasteiger partial charge in [-0.25, -0.2) is 14.2 Å². The number of carboxylic acids is 1. The number of benzene rings is 2. The molecule has 3 atom stereocenters. The highest BCUT2D eigenvalue weighted by Gasteiger charge is 2.40. The Morgan fingerprint density at radius 2 is 1.74 bits per heavy atom. The highest BCUT2D eigenvalue weighted by molar-refractivity contribution is 5.92. The molecule has 38 heavy (non-hydrogen) atoms. The zero-order valence-corrected chi connectivity index (χ0v) is 21.4. The molecule has 0 aliphatic carbocycles. The standard InChI is InChI=1S/C28H32N4O6/c1-17(2)15-21(27(36)37)29-24(33)22-13-8-14-31(22)26(35)23(16-18-9-4-3-5-10-18)32-25(34)19-11-6-7-12-20(19)30-28(32)38/h3-7,9-12,17,21-23H,8,13-16H2,1-2H3,(H,29,33)(H,30,38)(H,36,37)/t21-,22+,23+/m1/s1. The number of carbonyl (C=O) groups is 3. The third-order valence-electron chi connectivity index (χ3n) is 6.87. The monoisotopic (exact) mass is 520 g/mol. The lowest BCUT2D eigenvalue weighted by Gasteiger charge is -2.30. The molecule has 1 aliphatic rings. The summed E-state index contributed by atoms with van der Waals surface area (Å²) in [6, 6.07) is 12.4. The van der Waals surface area contributed by atoms with Crippen molar-refractivity contribution in [2.24, 2.45) is 5.92 Å². The molecular formula is C28H32N4O6. The molecule has 3 N–H and O–H groups in total. The Hall–Kier alpha value is -4.21. The number of H-pyrrole nitrogens is 1. The van der Waals surface area contributed by atoms with Crippen molar-refractivity contribution in [2.75, 3.05) is 6.54 Å². The fraction of sp³-hybridized carbons (Fsp3) is 0.393. The number of fused-ring (bicyclic) bond motifs is 1. The summed E-state index contributed by atoms with van der Waals surface area (Å²) in [4.78, 5) is 69.6. The predicted octanol–water partition coefficient (Wildman–Crippen LogP) is 2.08. The molecule has 2 aromatic carbocycles. The van der Waals surface area contributed by atoms with E-state index in [4.69, 9.17) is 0 Å². The van der Waals surface area contributed by atoms with Gasteiger partial charge >= 0.3 is 11.7 Å². The lowest BCUT2D eigenvalue weighted by atomic mass is 10.0. The molecule has 0 unspecified atom stereocenters. The number of aliphatic carboxylic acids is 1. The predicted molar refractivity (Wildman–Crippen MR) is 142 cm³/mol. The van der Waals surface area contributed by atoms with E-state index < -0.39 is 47.2 Å². The highest BCUT2D eigenvalue weighted by atomic mass is 16.4. The molecule has 10 nitrogen and oxygen atoms in total. The summed E-state index contributed by atoms with van der Waals surface area (Å²) in [6.07, 6.45) is 1.20. The van der Waals surface area contributed by atoms with Gasteiger partial charge in [-0.1, -0.05) is 56.3 Å². The maximum Gasteiger partial charge on any atom is 0.329 e. The minimum absolute atomic E-state index is 0.0412. The normalized spacial score (nSPS) is 16.9. The quantitative estimate of drug-likeness (QED) is 0.394. The Morgan fingerprint density at radius 1 is 1.05 bits per heavy atom. The molecule has 10 heteroatoms. The maximum atomic E-state index is 14.0. The summed E-state index contributed by atoms with van der Waals surface area (Å²) < 4.78 is 0.934. The molecule has 3 aromatic rings. The first-order chi connectivity index (χ1) is 18.2. The number of likely N-dealkylation sites (tertiary alicyclic amines) is 1. The van der Waals surface area contributed by atoms with Crippen LogP contribution < -0.4 is 16.6 Å². The summed E-state index contributed by atoms with van der Waals surface area (Å²) in [6.45, 7) is 3.98. The Kier molecular flexibility index (Phi) is 8.09. The van der Waals surface area contributed by atoms with Crippen molar-refractivity contribution >= 4 is 28.7 Å². The van der Waals surface area contributed by atoms with E-state index in [1.54, 1.807) is 48.5 Å². The van der Waals surface area contributed by atoms with Crippen LogP contribution in [0.5, 0.6) is 0 Å². The number of carbonyl (C=O) groups excluding carboxylic acids is 2. The second-order valence-electron chi connectivity index (χ2n) is 10.1. The van der Waals surface area contributed by atoms with Crippen LogP contribution in [0.4, 0.5) is 0 Å². The Labute approximate surface area is 219 Å². The van der Waals surface area contributed by atoms with Gasteiger partial charge in [0, 0.05) is 13.0 Å². The van der Waals surface area contributed by atoms with E-state index in [2.05, 4.69) is 10.3 Å². The number of aromatic amines is 1. The first-order valence-electron chi connectivity index (χ1n) is 12.8. The largest absolute Gasteiger partial charge is 0.480 e. The van der Waals surface area contributed by atoms with E-state index in [9.17, 15) is 29.1 Å². The summed E-state index contributed by atoms with van der Waals surface area (Å²) in [5, 5.41) is 12.4. The van der Waals surface area contributed by atoms with Crippen LogP contribution in [0.2, 0.25) is 0 Å². The number of hydrogen-bond acceptors (Lipinski definition) is 5. The average Bonchev–Trinajstić information content (AvgIpc) is 3.38.